The standard InChI is InChI=1S/C8H6O4.C6H10O3.C4H6O2/c9-7(10)5-3-1-2-4-6(5)8(11)12;1(5-3-8-5)7-2-6-4-9-6;1-3-4(5)6-2/h1-4H,(H,9,10)(H,11,12);5-6H,1-4H2;3H,1H2,2H3. The van der Waals surface area contributed by atoms with Crippen molar-refractivity contribution in [3.8, 4) is 0 Å². The second kappa shape index (κ2) is 11.8. The van der Waals surface area contributed by atoms with Gasteiger partial charge in [-0.05, 0) is 12.1 Å². The van der Waals surface area contributed by atoms with Crippen LogP contribution in [0.4, 0.5) is 0 Å². The molecule has 2 saturated heterocycles. The molecule has 0 spiro atoms. The van der Waals surface area contributed by atoms with Crippen LogP contribution in [0.1, 0.15) is 20.7 Å². The third-order valence-electron chi connectivity index (χ3n) is 3.17. The highest BCUT2D eigenvalue weighted by molar-refractivity contribution is 6.01. The van der Waals surface area contributed by atoms with Gasteiger partial charge in [0.2, 0.25) is 0 Å². The van der Waals surface area contributed by atoms with Crippen molar-refractivity contribution in [2.45, 2.75) is 12.2 Å². The van der Waals surface area contributed by atoms with Crippen molar-refractivity contribution >= 4 is 17.9 Å². The summed E-state index contributed by atoms with van der Waals surface area (Å²) in [6.07, 6.45) is 1.90. The van der Waals surface area contributed by atoms with E-state index in [1.165, 1.54) is 31.4 Å². The number of methoxy groups -OCH3 is 1. The molecule has 0 aromatic heterocycles. The lowest BCUT2D eigenvalue weighted by Gasteiger charge is -1.98. The Bertz CT molecular complexity index is 603. The van der Waals surface area contributed by atoms with Crippen LogP contribution in [-0.2, 0) is 23.7 Å². The Morgan fingerprint density at radius 3 is 1.70 bits per heavy atom. The van der Waals surface area contributed by atoms with E-state index in [-0.39, 0.29) is 11.1 Å². The quantitative estimate of drug-likeness (QED) is 0.405. The maximum Gasteiger partial charge on any atom is 0.336 e. The van der Waals surface area contributed by atoms with Crippen LogP contribution in [0, 0.1) is 0 Å². The third kappa shape index (κ3) is 10.1. The minimum absolute atomic E-state index is 0.190. The molecule has 0 bridgehead atoms. The summed E-state index contributed by atoms with van der Waals surface area (Å²) >= 11 is 0. The molecular formula is C18H22O9. The number of hydrogen-bond donors (Lipinski definition) is 2. The molecule has 2 N–H and O–H groups in total. The molecule has 1 aromatic carbocycles. The largest absolute Gasteiger partial charge is 0.478 e. The van der Waals surface area contributed by atoms with Gasteiger partial charge in [-0.3, -0.25) is 0 Å². The van der Waals surface area contributed by atoms with Crippen LogP contribution in [0.25, 0.3) is 0 Å². The number of carbonyl (C=O) groups is 3. The summed E-state index contributed by atoms with van der Waals surface area (Å²) in [5.74, 6) is -2.85. The van der Waals surface area contributed by atoms with Crippen molar-refractivity contribution < 1.29 is 43.5 Å². The number of aromatic carboxylic acids is 2. The molecule has 2 fully saturated rings. The van der Waals surface area contributed by atoms with Crippen molar-refractivity contribution in [2.75, 3.05) is 33.5 Å². The molecule has 148 valence electrons. The zero-order chi connectivity index (χ0) is 20.2. The summed E-state index contributed by atoms with van der Waals surface area (Å²) in [5, 5.41) is 17.1. The van der Waals surface area contributed by atoms with Crippen LogP contribution in [0.5, 0.6) is 0 Å². The molecular weight excluding hydrogens is 360 g/mol. The van der Waals surface area contributed by atoms with Crippen molar-refractivity contribution in [1.29, 1.82) is 0 Å². The normalized spacial score (nSPS) is 18.6. The van der Waals surface area contributed by atoms with E-state index in [1.54, 1.807) is 0 Å². The van der Waals surface area contributed by atoms with Gasteiger partial charge in [0.1, 0.15) is 12.2 Å². The van der Waals surface area contributed by atoms with E-state index in [0.29, 0.717) is 12.2 Å². The number of esters is 1. The number of ether oxygens (including phenoxy) is 4. The first-order valence-electron chi connectivity index (χ1n) is 7.96. The van der Waals surface area contributed by atoms with E-state index in [2.05, 4.69) is 11.3 Å². The van der Waals surface area contributed by atoms with Crippen LogP contribution in [0.3, 0.4) is 0 Å². The van der Waals surface area contributed by atoms with E-state index in [9.17, 15) is 14.4 Å². The summed E-state index contributed by atoms with van der Waals surface area (Å²) < 4.78 is 19.3. The summed E-state index contributed by atoms with van der Waals surface area (Å²) in [5.41, 5.74) is -0.380. The SMILES string of the molecule is C(OCC1CO1)C1CO1.C=CC(=O)OC.O=C(O)c1ccccc1C(=O)O. The fourth-order valence-electron chi connectivity index (χ4n) is 1.60. The van der Waals surface area contributed by atoms with E-state index in [4.69, 9.17) is 24.4 Å². The summed E-state index contributed by atoms with van der Waals surface area (Å²) in [7, 11) is 1.31. The Balaban J connectivity index is 0.000000215. The number of carboxylic acids is 2. The lowest BCUT2D eigenvalue weighted by molar-refractivity contribution is -0.134. The maximum absolute atomic E-state index is 10.5. The van der Waals surface area contributed by atoms with Gasteiger partial charge in [0, 0.05) is 6.08 Å². The highest BCUT2D eigenvalue weighted by atomic mass is 16.6. The van der Waals surface area contributed by atoms with Gasteiger partial charge in [-0.15, -0.1) is 0 Å². The Labute approximate surface area is 156 Å². The predicted octanol–water partition coefficient (Wildman–Crippen LogP) is 1.23. The van der Waals surface area contributed by atoms with Gasteiger partial charge in [0.25, 0.3) is 0 Å². The van der Waals surface area contributed by atoms with E-state index in [0.717, 1.165) is 32.5 Å². The Morgan fingerprint density at radius 2 is 1.48 bits per heavy atom. The van der Waals surface area contributed by atoms with Crippen LogP contribution >= 0.6 is 0 Å². The number of epoxide rings is 2. The Kier molecular flexibility index (Phi) is 9.73. The van der Waals surface area contributed by atoms with Crippen LogP contribution in [0.2, 0.25) is 0 Å². The van der Waals surface area contributed by atoms with Crippen LogP contribution in [0.15, 0.2) is 36.9 Å². The average Bonchev–Trinajstić information content (AvgIpc) is 3.57. The molecule has 0 saturated carbocycles. The summed E-state index contributed by atoms with van der Waals surface area (Å²) in [4.78, 5) is 30.8. The van der Waals surface area contributed by atoms with Crippen molar-refractivity contribution in [2.24, 2.45) is 0 Å². The monoisotopic (exact) mass is 382 g/mol. The average molecular weight is 382 g/mol. The molecule has 2 atom stereocenters. The number of carbonyl (C=O) groups excluding carboxylic acids is 1. The predicted molar refractivity (Wildman–Crippen MR) is 92.9 cm³/mol. The topological polar surface area (TPSA) is 135 Å². The molecule has 3 rings (SSSR count). The van der Waals surface area contributed by atoms with Crippen molar-refractivity contribution in [3.63, 3.8) is 0 Å². The molecule has 0 radical (unpaired) electrons. The van der Waals surface area contributed by atoms with Gasteiger partial charge in [-0.1, -0.05) is 18.7 Å². The van der Waals surface area contributed by atoms with Gasteiger partial charge >= 0.3 is 17.9 Å². The molecule has 0 amide bonds. The van der Waals surface area contributed by atoms with Crippen LogP contribution < -0.4 is 0 Å². The smallest absolute Gasteiger partial charge is 0.336 e. The first kappa shape index (κ1) is 22.3. The molecule has 2 aliphatic rings. The van der Waals surface area contributed by atoms with Gasteiger partial charge < -0.3 is 29.2 Å². The molecule has 9 nitrogen and oxygen atoms in total. The minimum Gasteiger partial charge on any atom is -0.478 e. The van der Waals surface area contributed by atoms with E-state index in [1.807, 2.05) is 0 Å². The summed E-state index contributed by atoms with van der Waals surface area (Å²) in [6.45, 7) is 6.42. The molecule has 2 aliphatic heterocycles. The number of benzene rings is 1. The molecule has 1 aromatic rings. The van der Waals surface area contributed by atoms with Gasteiger partial charge in [-0.2, -0.15) is 0 Å². The highest BCUT2D eigenvalue weighted by Crippen LogP contribution is 2.12. The molecule has 2 heterocycles. The van der Waals surface area contributed by atoms with Crippen molar-refractivity contribution in [3.05, 3.63) is 48.0 Å². The lowest BCUT2D eigenvalue weighted by atomic mass is 10.1. The zero-order valence-corrected chi connectivity index (χ0v) is 14.8. The number of rotatable bonds is 7. The zero-order valence-electron chi connectivity index (χ0n) is 14.8. The van der Waals surface area contributed by atoms with Crippen molar-refractivity contribution in [1.82, 2.24) is 0 Å². The number of hydrogen-bond acceptors (Lipinski definition) is 7. The first-order chi connectivity index (χ1) is 12.9. The Morgan fingerprint density at radius 1 is 1.07 bits per heavy atom. The van der Waals surface area contributed by atoms with E-state index >= 15 is 0 Å². The number of carboxylic acid groups (broad SMARTS) is 2. The van der Waals surface area contributed by atoms with Gasteiger partial charge in [-0.25, -0.2) is 14.4 Å². The maximum atomic E-state index is 10.5. The molecule has 2 unspecified atom stereocenters. The highest BCUT2D eigenvalue weighted by Gasteiger charge is 2.26. The Hall–Kier alpha value is -2.75. The molecule has 0 aliphatic carbocycles. The fourth-order valence-corrected chi connectivity index (χ4v) is 1.60. The molecule has 27 heavy (non-hydrogen) atoms. The van der Waals surface area contributed by atoms with Gasteiger partial charge in [0.15, 0.2) is 0 Å². The minimum atomic E-state index is -1.23. The summed E-state index contributed by atoms with van der Waals surface area (Å²) in [6, 6.07) is 5.48. The fraction of sp³-hybridized carbons (Fsp3) is 0.389. The third-order valence-corrected chi connectivity index (χ3v) is 3.17. The first-order valence-corrected chi connectivity index (χ1v) is 7.96. The van der Waals surface area contributed by atoms with Gasteiger partial charge in [0.05, 0.1) is 44.7 Å². The molecule has 9 heteroatoms. The van der Waals surface area contributed by atoms with E-state index < -0.39 is 17.9 Å². The second-order valence-electron chi connectivity index (χ2n) is 5.33. The second-order valence-corrected chi connectivity index (χ2v) is 5.33. The lowest BCUT2D eigenvalue weighted by Crippen LogP contribution is -2.06. The van der Waals surface area contributed by atoms with Crippen LogP contribution in [-0.4, -0.2) is 73.9 Å².